The first-order valence-electron chi connectivity index (χ1n) is 3.02. The highest BCUT2D eigenvalue weighted by molar-refractivity contribution is 5.09. The van der Waals surface area contributed by atoms with E-state index in [0.717, 1.165) is 0 Å². The van der Waals surface area contributed by atoms with E-state index in [0.29, 0.717) is 5.56 Å². The lowest BCUT2D eigenvalue weighted by Gasteiger charge is -2.01. The van der Waals surface area contributed by atoms with Crippen LogP contribution in [0.25, 0.3) is 10.4 Å². The smallest absolute Gasteiger partial charge is 0.0886 e. The summed E-state index contributed by atoms with van der Waals surface area (Å²) in [5.74, 6) is 0. The standard InChI is InChI=1S/C5H7N5O/c6-10-9-5(3-11)4-1-7-8-2-4/h1-2,5,11H,3H2,(H,7,8). The maximum atomic E-state index is 8.72. The van der Waals surface area contributed by atoms with E-state index in [1.807, 2.05) is 0 Å². The van der Waals surface area contributed by atoms with E-state index in [4.69, 9.17) is 10.6 Å². The molecule has 1 atom stereocenters. The van der Waals surface area contributed by atoms with Crippen LogP contribution in [0.5, 0.6) is 0 Å². The van der Waals surface area contributed by atoms with Crippen LogP contribution in [0.15, 0.2) is 17.5 Å². The van der Waals surface area contributed by atoms with Crippen LogP contribution in [0.1, 0.15) is 11.6 Å². The van der Waals surface area contributed by atoms with Gasteiger partial charge >= 0.3 is 0 Å². The molecule has 0 aliphatic rings. The molecule has 6 nitrogen and oxygen atoms in total. The van der Waals surface area contributed by atoms with Crippen molar-refractivity contribution in [3.63, 3.8) is 0 Å². The number of nitrogens with one attached hydrogen (secondary N) is 1. The molecule has 1 aromatic heterocycles. The van der Waals surface area contributed by atoms with Crippen LogP contribution in [0.2, 0.25) is 0 Å². The summed E-state index contributed by atoms with van der Waals surface area (Å²) in [6.07, 6.45) is 3.09. The fourth-order valence-electron chi connectivity index (χ4n) is 0.714. The van der Waals surface area contributed by atoms with Gasteiger partial charge in [-0.3, -0.25) is 5.10 Å². The van der Waals surface area contributed by atoms with Crippen molar-refractivity contribution in [3.8, 4) is 0 Å². The molecule has 1 unspecified atom stereocenters. The summed E-state index contributed by atoms with van der Waals surface area (Å²) < 4.78 is 0. The van der Waals surface area contributed by atoms with Crippen LogP contribution in [0.4, 0.5) is 0 Å². The summed E-state index contributed by atoms with van der Waals surface area (Å²) in [5.41, 5.74) is 8.77. The van der Waals surface area contributed by atoms with Gasteiger partial charge in [0.15, 0.2) is 0 Å². The third kappa shape index (κ3) is 1.70. The van der Waals surface area contributed by atoms with Crippen LogP contribution in [-0.4, -0.2) is 21.9 Å². The minimum Gasteiger partial charge on any atom is -0.396 e. The zero-order valence-electron chi connectivity index (χ0n) is 5.68. The van der Waals surface area contributed by atoms with Crippen LogP contribution in [0, 0.1) is 0 Å². The number of H-pyrrole nitrogens is 1. The van der Waals surface area contributed by atoms with Crippen molar-refractivity contribution in [2.24, 2.45) is 5.11 Å². The van der Waals surface area contributed by atoms with Gasteiger partial charge in [0.05, 0.1) is 18.8 Å². The van der Waals surface area contributed by atoms with Gasteiger partial charge in [-0.1, -0.05) is 5.11 Å². The molecule has 58 valence electrons. The SMILES string of the molecule is [N-]=[N+]=NC(CO)c1cn[nH]c1. The highest BCUT2D eigenvalue weighted by Crippen LogP contribution is 2.13. The molecule has 2 N–H and O–H groups in total. The van der Waals surface area contributed by atoms with Crippen molar-refractivity contribution in [1.82, 2.24) is 10.2 Å². The quantitative estimate of drug-likeness (QED) is 0.380. The molecule has 1 aromatic rings. The van der Waals surface area contributed by atoms with Crippen molar-refractivity contribution in [2.45, 2.75) is 6.04 Å². The fraction of sp³-hybridized carbons (Fsp3) is 0.400. The van der Waals surface area contributed by atoms with Crippen LogP contribution >= 0.6 is 0 Å². The number of nitrogens with zero attached hydrogens (tertiary/aromatic N) is 4. The lowest BCUT2D eigenvalue weighted by Crippen LogP contribution is -1.97. The third-order valence-electron chi connectivity index (χ3n) is 1.27. The number of rotatable bonds is 3. The zero-order valence-corrected chi connectivity index (χ0v) is 5.68. The Kier molecular flexibility index (Phi) is 2.48. The summed E-state index contributed by atoms with van der Waals surface area (Å²) in [5, 5.41) is 18.3. The van der Waals surface area contributed by atoms with Gasteiger partial charge in [0.2, 0.25) is 0 Å². The Morgan fingerprint density at radius 2 is 2.73 bits per heavy atom. The van der Waals surface area contributed by atoms with Crippen molar-refractivity contribution < 1.29 is 5.11 Å². The maximum absolute atomic E-state index is 8.72. The highest BCUT2D eigenvalue weighted by atomic mass is 16.3. The van der Waals surface area contributed by atoms with Gasteiger partial charge in [-0.15, -0.1) is 0 Å². The molecule has 0 aromatic carbocycles. The van der Waals surface area contributed by atoms with Crippen molar-refractivity contribution in [1.29, 1.82) is 0 Å². The molecule has 0 spiro atoms. The molecule has 0 saturated carbocycles. The molecule has 1 heterocycles. The summed E-state index contributed by atoms with van der Waals surface area (Å²) >= 11 is 0. The second-order valence-electron chi connectivity index (χ2n) is 1.93. The first-order valence-corrected chi connectivity index (χ1v) is 3.02. The van der Waals surface area contributed by atoms with E-state index in [1.165, 1.54) is 6.20 Å². The Bertz CT molecular complexity index is 250. The maximum Gasteiger partial charge on any atom is 0.0886 e. The summed E-state index contributed by atoms with van der Waals surface area (Å²) in [4.78, 5) is 2.59. The largest absolute Gasteiger partial charge is 0.396 e. The van der Waals surface area contributed by atoms with E-state index in [9.17, 15) is 0 Å². The molecule has 0 aliphatic carbocycles. The van der Waals surface area contributed by atoms with E-state index < -0.39 is 6.04 Å². The van der Waals surface area contributed by atoms with Gasteiger partial charge in [-0.05, 0) is 5.53 Å². The predicted octanol–water partition coefficient (Wildman–Crippen LogP) is 0.753. The molecule has 11 heavy (non-hydrogen) atoms. The van der Waals surface area contributed by atoms with Crippen LogP contribution in [-0.2, 0) is 0 Å². The van der Waals surface area contributed by atoms with E-state index in [1.54, 1.807) is 6.20 Å². The van der Waals surface area contributed by atoms with E-state index in [-0.39, 0.29) is 6.61 Å². The molecule has 0 saturated heterocycles. The lowest BCUT2D eigenvalue weighted by molar-refractivity contribution is 0.268. The Labute approximate surface area is 62.5 Å². The zero-order chi connectivity index (χ0) is 8.10. The summed E-state index contributed by atoms with van der Waals surface area (Å²) in [7, 11) is 0. The number of hydrogen-bond donors (Lipinski definition) is 2. The first-order chi connectivity index (χ1) is 5.38. The molecule has 6 heteroatoms. The molecule has 0 aliphatic heterocycles. The third-order valence-corrected chi connectivity index (χ3v) is 1.27. The number of aliphatic hydroxyl groups excluding tert-OH is 1. The first kappa shape index (κ1) is 7.59. The number of azide groups is 1. The van der Waals surface area contributed by atoms with Crippen LogP contribution < -0.4 is 0 Å². The lowest BCUT2D eigenvalue weighted by atomic mass is 10.2. The predicted molar refractivity (Wildman–Crippen MR) is 37.6 cm³/mol. The van der Waals surface area contributed by atoms with E-state index >= 15 is 0 Å². The molecule has 0 fully saturated rings. The average Bonchev–Trinajstić information content (AvgIpc) is 2.52. The number of hydrogen-bond acceptors (Lipinski definition) is 3. The van der Waals surface area contributed by atoms with Crippen LogP contribution in [0.3, 0.4) is 0 Å². The second kappa shape index (κ2) is 3.60. The van der Waals surface area contributed by atoms with Crippen molar-refractivity contribution in [2.75, 3.05) is 6.61 Å². The summed E-state index contributed by atoms with van der Waals surface area (Å²) in [6, 6.07) is -0.529. The molecular formula is C5H7N5O. The topological polar surface area (TPSA) is 97.7 Å². The normalized spacial score (nSPS) is 12.1. The summed E-state index contributed by atoms with van der Waals surface area (Å²) in [6.45, 7) is -0.205. The minimum atomic E-state index is -0.529. The Morgan fingerprint density at radius 1 is 1.91 bits per heavy atom. The minimum absolute atomic E-state index is 0.205. The van der Waals surface area contributed by atoms with E-state index in [2.05, 4.69) is 20.2 Å². The number of aromatic amines is 1. The molecular weight excluding hydrogens is 146 g/mol. The van der Waals surface area contributed by atoms with Crippen molar-refractivity contribution in [3.05, 3.63) is 28.4 Å². The highest BCUT2D eigenvalue weighted by Gasteiger charge is 2.07. The number of aliphatic hydroxyl groups is 1. The molecule has 1 rings (SSSR count). The molecule has 0 radical (unpaired) electrons. The van der Waals surface area contributed by atoms with Gasteiger partial charge in [0, 0.05) is 16.7 Å². The van der Waals surface area contributed by atoms with Gasteiger partial charge in [0.25, 0.3) is 0 Å². The number of aromatic nitrogens is 2. The van der Waals surface area contributed by atoms with Crippen molar-refractivity contribution >= 4 is 0 Å². The molecule has 0 bridgehead atoms. The Morgan fingerprint density at radius 3 is 3.18 bits per heavy atom. The molecule has 0 amide bonds. The monoisotopic (exact) mass is 153 g/mol. The van der Waals surface area contributed by atoms with Gasteiger partial charge < -0.3 is 5.11 Å². The average molecular weight is 153 g/mol. The van der Waals surface area contributed by atoms with Gasteiger partial charge in [0.1, 0.15) is 0 Å². The fourth-order valence-corrected chi connectivity index (χ4v) is 0.714. The van der Waals surface area contributed by atoms with Gasteiger partial charge in [-0.25, -0.2) is 0 Å². The van der Waals surface area contributed by atoms with Gasteiger partial charge in [-0.2, -0.15) is 5.10 Å². The Balaban J connectivity index is 2.79. The Hall–Kier alpha value is -1.52. The second-order valence-corrected chi connectivity index (χ2v) is 1.93.